The van der Waals surface area contributed by atoms with Crippen molar-refractivity contribution in [1.82, 2.24) is 10.3 Å². The normalized spacial score (nSPS) is 27.4. The van der Waals surface area contributed by atoms with Gasteiger partial charge in [-0.05, 0) is 63.1 Å². The van der Waals surface area contributed by atoms with Crippen molar-refractivity contribution in [3.8, 4) is 0 Å². The fraction of sp³-hybridized carbons (Fsp3) is 0.706. The summed E-state index contributed by atoms with van der Waals surface area (Å²) in [4.78, 5) is 4.16. The maximum atomic E-state index is 4.16. The van der Waals surface area contributed by atoms with E-state index in [-0.39, 0.29) is 5.54 Å². The Labute approximate surface area is 118 Å². The number of nitrogens with one attached hydrogen (secondary N) is 1. The van der Waals surface area contributed by atoms with E-state index in [1.807, 2.05) is 12.4 Å². The molecular formula is C17H28N2. The molecule has 106 valence electrons. The number of aromatic nitrogens is 1. The van der Waals surface area contributed by atoms with Crippen molar-refractivity contribution in [2.45, 2.75) is 58.4 Å². The first-order valence-electron chi connectivity index (χ1n) is 7.48. The van der Waals surface area contributed by atoms with E-state index in [1.165, 1.54) is 18.4 Å². The molecule has 0 aromatic carbocycles. The van der Waals surface area contributed by atoms with Crippen LogP contribution in [-0.2, 0) is 5.41 Å². The highest BCUT2D eigenvalue weighted by atomic mass is 15.0. The summed E-state index contributed by atoms with van der Waals surface area (Å²) < 4.78 is 0. The van der Waals surface area contributed by atoms with Crippen molar-refractivity contribution < 1.29 is 0 Å². The van der Waals surface area contributed by atoms with Crippen molar-refractivity contribution in [3.63, 3.8) is 0 Å². The molecule has 1 N–H and O–H groups in total. The predicted octanol–water partition coefficient (Wildman–Crippen LogP) is 3.77. The zero-order chi connectivity index (χ0) is 14.1. The van der Waals surface area contributed by atoms with Crippen LogP contribution in [0.1, 0.15) is 53.0 Å². The maximum absolute atomic E-state index is 4.16. The van der Waals surface area contributed by atoms with Gasteiger partial charge in [0.15, 0.2) is 0 Å². The zero-order valence-electron chi connectivity index (χ0n) is 13.0. The number of pyridine rings is 1. The largest absolute Gasteiger partial charge is 0.311 e. The molecule has 1 aliphatic rings. The highest BCUT2D eigenvalue weighted by Gasteiger charge is 2.46. The second-order valence-corrected chi connectivity index (χ2v) is 7.53. The molecule has 2 rings (SSSR count). The van der Waals surface area contributed by atoms with Crippen molar-refractivity contribution >= 4 is 0 Å². The molecule has 1 aromatic rings. The molecule has 0 atom stereocenters. The SMILES string of the molecule is CC(C)C1CC(CNC(C)(C)C)(c2ccncc2)C1. The molecular weight excluding hydrogens is 232 g/mol. The molecule has 1 aromatic heterocycles. The van der Waals surface area contributed by atoms with Gasteiger partial charge in [-0.1, -0.05) is 13.8 Å². The summed E-state index contributed by atoms with van der Waals surface area (Å²) in [5, 5.41) is 3.70. The van der Waals surface area contributed by atoms with Gasteiger partial charge < -0.3 is 5.32 Å². The van der Waals surface area contributed by atoms with Crippen LogP contribution in [0.5, 0.6) is 0 Å². The Balaban J connectivity index is 2.12. The molecule has 0 radical (unpaired) electrons. The van der Waals surface area contributed by atoms with Crippen LogP contribution in [-0.4, -0.2) is 17.1 Å². The Kier molecular flexibility index (Phi) is 4.00. The molecule has 0 aliphatic heterocycles. The Bertz CT molecular complexity index is 397. The van der Waals surface area contributed by atoms with Crippen LogP contribution in [0.15, 0.2) is 24.5 Å². The summed E-state index contributed by atoms with van der Waals surface area (Å²) >= 11 is 0. The first-order chi connectivity index (χ1) is 8.82. The summed E-state index contributed by atoms with van der Waals surface area (Å²) in [6.45, 7) is 12.5. The lowest BCUT2D eigenvalue weighted by molar-refractivity contribution is 0.0912. The van der Waals surface area contributed by atoms with Gasteiger partial charge in [0.1, 0.15) is 0 Å². The minimum absolute atomic E-state index is 0.183. The second kappa shape index (κ2) is 5.24. The van der Waals surface area contributed by atoms with Gasteiger partial charge in [0.05, 0.1) is 0 Å². The molecule has 0 amide bonds. The molecule has 1 heterocycles. The smallest absolute Gasteiger partial charge is 0.0270 e. The Morgan fingerprint density at radius 2 is 1.84 bits per heavy atom. The lowest BCUT2D eigenvalue weighted by Gasteiger charge is -2.51. The molecule has 1 saturated carbocycles. The van der Waals surface area contributed by atoms with Gasteiger partial charge in [-0.3, -0.25) is 4.98 Å². The van der Waals surface area contributed by atoms with Crippen molar-refractivity contribution in [2.75, 3.05) is 6.54 Å². The third-order valence-electron chi connectivity index (χ3n) is 4.50. The van der Waals surface area contributed by atoms with E-state index in [1.54, 1.807) is 0 Å². The van der Waals surface area contributed by atoms with Crippen molar-refractivity contribution in [1.29, 1.82) is 0 Å². The lowest BCUT2D eigenvalue weighted by Crippen LogP contribution is -2.53. The van der Waals surface area contributed by atoms with E-state index < -0.39 is 0 Å². The molecule has 2 nitrogen and oxygen atoms in total. The molecule has 0 bridgehead atoms. The van der Waals surface area contributed by atoms with Crippen molar-refractivity contribution in [2.24, 2.45) is 11.8 Å². The summed E-state index contributed by atoms with van der Waals surface area (Å²) in [5.41, 5.74) is 1.96. The van der Waals surface area contributed by atoms with Crippen LogP contribution in [0.4, 0.5) is 0 Å². The number of hydrogen-bond donors (Lipinski definition) is 1. The minimum atomic E-state index is 0.183. The van der Waals surface area contributed by atoms with Crippen LogP contribution in [0.3, 0.4) is 0 Å². The summed E-state index contributed by atoms with van der Waals surface area (Å²) in [6.07, 6.45) is 6.46. The van der Waals surface area contributed by atoms with E-state index in [0.717, 1.165) is 18.4 Å². The number of nitrogens with zero attached hydrogens (tertiary/aromatic N) is 1. The predicted molar refractivity (Wildman–Crippen MR) is 81.2 cm³/mol. The number of hydrogen-bond acceptors (Lipinski definition) is 2. The number of rotatable bonds is 4. The zero-order valence-corrected chi connectivity index (χ0v) is 13.0. The van der Waals surface area contributed by atoms with Crippen LogP contribution in [0, 0.1) is 11.8 Å². The second-order valence-electron chi connectivity index (χ2n) is 7.53. The van der Waals surface area contributed by atoms with Gasteiger partial charge in [0.25, 0.3) is 0 Å². The Morgan fingerprint density at radius 1 is 1.26 bits per heavy atom. The Hall–Kier alpha value is -0.890. The third-order valence-corrected chi connectivity index (χ3v) is 4.50. The van der Waals surface area contributed by atoms with E-state index in [0.29, 0.717) is 5.41 Å². The van der Waals surface area contributed by atoms with E-state index in [4.69, 9.17) is 0 Å². The lowest BCUT2D eigenvalue weighted by atomic mass is 9.56. The third kappa shape index (κ3) is 3.36. The fourth-order valence-corrected chi connectivity index (χ4v) is 3.04. The van der Waals surface area contributed by atoms with Gasteiger partial charge >= 0.3 is 0 Å². The van der Waals surface area contributed by atoms with E-state index >= 15 is 0 Å². The van der Waals surface area contributed by atoms with Gasteiger partial charge in [-0.25, -0.2) is 0 Å². The van der Waals surface area contributed by atoms with Crippen molar-refractivity contribution in [3.05, 3.63) is 30.1 Å². The Morgan fingerprint density at radius 3 is 2.32 bits per heavy atom. The van der Waals surface area contributed by atoms with Crippen LogP contribution < -0.4 is 5.32 Å². The molecule has 0 saturated heterocycles. The molecule has 2 heteroatoms. The van der Waals surface area contributed by atoms with Gasteiger partial charge in [0.2, 0.25) is 0 Å². The topological polar surface area (TPSA) is 24.9 Å². The van der Waals surface area contributed by atoms with Gasteiger partial charge in [-0.15, -0.1) is 0 Å². The maximum Gasteiger partial charge on any atom is 0.0270 e. The summed E-state index contributed by atoms with van der Waals surface area (Å²) in [5.74, 6) is 1.67. The standard InChI is InChI=1S/C17H28N2/c1-13(2)14-10-17(11-14,12-19-16(3,4)5)15-6-8-18-9-7-15/h6-9,13-14,19H,10-12H2,1-5H3. The van der Waals surface area contributed by atoms with Crippen LogP contribution in [0.25, 0.3) is 0 Å². The van der Waals surface area contributed by atoms with Crippen LogP contribution >= 0.6 is 0 Å². The highest BCUT2D eigenvalue weighted by Crippen LogP contribution is 2.50. The molecule has 19 heavy (non-hydrogen) atoms. The average molecular weight is 260 g/mol. The summed E-state index contributed by atoms with van der Waals surface area (Å²) in [7, 11) is 0. The average Bonchev–Trinajstić information content (AvgIpc) is 2.27. The van der Waals surface area contributed by atoms with Crippen LogP contribution in [0.2, 0.25) is 0 Å². The minimum Gasteiger partial charge on any atom is -0.311 e. The summed E-state index contributed by atoms with van der Waals surface area (Å²) in [6, 6.07) is 4.39. The van der Waals surface area contributed by atoms with E-state index in [2.05, 4.69) is 57.1 Å². The molecule has 1 aliphatic carbocycles. The highest BCUT2D eigenvalue weighted by molar-refractivity contribution is 5.28. The molecule has 0 unspecified atom stereocenters. The fourth-order valence-electron chi connectivity index (χ4n) is 3.04. The first-order valence-corrected chi connectivity index (χ1v) is 7.48. The monoisotopic (exact) mass is 260 g/mol. The van der Waals surface area contributed by atoms with Gasteiger partial charge in [0, 0.05) is 29.9 Å². The quantitative estimate of drug-likeness (QED) is 0.891. The molecule has 0 spiro atoms. The first kappa shape index (κ1) is 14.5. The van der Waals surface area contributed by atoms with Gasteiger partial charge in [-0.2, -0.15) is 0 Å². The molecule has 1 fully saturated rings. The van der Waals surface area contributed by atoms with E-state index in [9.17, 15) is 0 Å².